The van der Waals surface area contributed by atoms with Gasteiger partial charge in [-0.25, -0.2) is 4.98 Å². The van der Waals surface area contributed by atoms with Gasteiger partial charge in [-0.1, -0.05) is 6.07 Å². The first-order valence-electron chi connectivity index (χ1n) is 6.05. The highest BCUT2D eigenvalue weighted by molar-refractivity contribution is 5.94. The van der Waals surface area contributed by atoms with E-state index < -0.39 is 5.91 Å². The molecule has 1 aliphatic rings. The highest BCUT2D eigenvalue weighted by Crippen LogP contribution is 2.32. The SMILES string of the molecule is O=C(NCc1ccc2c(c1)OCO2)c1ncccc1O. The van der Waals surface area contributed by atoms with E-state index in [-0.39, 0.29) is 18.2 Å². The highest BCUT2D eigenvalue weighted by atomic mass is 16.7. The molecule has 0 radical (unpaired) electrons. The van der Waals surface area contributed by atoms with Crippen LogP contribution in [0.1, 0.15) is 16.1 Å². The quantitative estimate of drug-likeness (QED) is 0.883. The van der Waals surface area contributed by atoms with Crippen LogP contribution in [0.5, 0.6) is 17.2 Å². The Morgan fingerprint density at radius 2 is 2.15 bits per heavy atom. The van der Waals surface area contributed by atoms with E-state index in [2.05, 4.69) is 10.3 Å². The molecule has 1 aromatic heterocycles. The molecule has 0 atom stereocenters. The van der Waals surface area contributed by atoms with Gasteiger partial charge in [0.05, 0.1) is 0 Å². The van der Waals surface area contributed by atoms with Crippen LogP contribution in [-0.2, 0) is 6.54 Å². The Hall–Kier alpha value is -2.76. The highest BCUT2D eigenvalue weighted by Gasteiger charge is 2.15. The van der Waals surface area contributed by atoms with Crippen molar-refractivity contribution in [1.29, 1.82) is 0 Å². The molecule has 2 aromatic rings. The van der Waals surface area contributed by atoms with Crippen LogP contribution in [0.4, 0.5) is 0 Å². The monoisotopic (exact) mass is 272 g/mol. The van der Waals surface area contributed by atoms with E-state index in [0.29, 0.717) is 18.0 Å². The lowest BCUT2D eigenvalue weighted by molar-refractivity contribution is 0.0943. The summed E-state index contributed by atoms with van der Waals surface area (Å²) >= 11 is 0. The minimum Gasteiger partial charge on any atom is -0.505 e. The molecular weight excluding hydrogens is 260 g/mol. The molecule has 0 fully saturated rings. The summed E-state index contributed by atoms with van der Waals surface area (Å²) in [5, 5.41) is 12.2. The summed E-state index contributed by atoms with van der Waals surface area (Å²) in [6.45, 7) is 0.526. The molecule has 0 spiro atoms. The number of amides is 1. The van der Waals surface area contributed by atoms with Gasteiger partial charge in [0.2, 0.25) is 6.79 Å². The Labute approximate surface area is 115 Å². The maximum absolute atomic E-state index is 11.9. The topological polar surface area (TPSA) is 80.7 Å². The maximum atomic E-state index is 11.9. The molecule has 0 unspecified atom stereocenters. The van der Waals surface area contributed by atoms with Crippen molar-refractivity contribution in [3.8, 4) is 17.2 Å². The number of nitrogens with zero attached hydrogens (tertiary/aromatic N) is 1. The van der Waals surface area contributed by atoms with Gasteiger partial charge in [-0.15, -0.1) is 0 Å². The molecule has 1 aromatic carbocycles. The molecule has 0 bridgehead atoms. The Morgan fingerprint density at radius 3 is 3.00 bits per heavy atom. The fourth-order valence-electron chi connectivity index (χ4n) is 1.89. The summed E-state index contributed by atoms with van der Waals surface area (Å²) in [5.41, 5.74) is 0.881. The zero-order valence-electron chi connectivity index (χ0n) is 10.5. The van der Waals surface area contributed by atoms with Crippen LogP contribution < -0.4 is 14.8 Å². The molecule has 102 valence electrons. The summed E-state index contributed by atoms with van der Waals surface area (Å²) in [7, 11) is 0. The lowest BCUT2D eigenvalue weighted by Gasteiger charge is -2.06. The van der Waals surface area contributed by atoms with Crippen molar-refractivity contribution in [2.75, 3.05) is 6.79 Å². The van der Waals surface area contributed by atoms with Gasteiger partial charge in [-0.2, -0.15) is 0 Å². The third kappa shape index (κ3) is 2.35. The third-order valence-corrected chi connectivity index (χ3v) is 2.89. The van der Waals surface area contributed by atoms with Crippen LogP contribution in [0.25, 0.3) is 0 Å². The molecule has 6 heteroatoms. The molecule has 0 aliphatic carbocycles. The number of carbonyl (C=O) groups excluding carboxylic acids is 1. The first-order valence-corrected chi connectivity index (χ1v) is 6.05. The Morgan fingerprint density at radius 1 is 1.30 bits per heavy atom. The molecule has 0 saturated heterocycles. The standard InChI is InChI=1S/C14H12N2O4/c17-10-2-1-5-15-13(10)14(18)16-7-9-3-4-11-12(6-9)20-8-19-11/h1-6,17H,7-8H2,(H,16,18). The normalized spacial score (nSPS) is 12.2. The minimum atomic E-state index is -0.430. The number of nitrogens with one attached hydrogen (secondary N) is 1. The second kappa shape index (κ2) is 5.08. The molecule has 3 rings (SSSR count). The summed E-state index contributed by atoms with van der Waals surface area (Å²) in [6.07, 6.45) is 1.45. The van der Waals surface area contributed by atoms with Gasteiger partial charge >= 0.3 is 0 Å². The first kappa shape index (κ1) is 12.3. The number of hydrogen-bond donors (Lipinski definition) is 2. The number of fused-ring (bicyclic) bond motifs is 1. The number of aromatic hydroxyl groups is 1. The molecule has 0 saturated carbocycles. The van der Waals surface area contributed by atoms with E-state index in [0.717, 1.165) is 5.56 Å². The van der Waals surface area contributed by atoms with Gasteiger partial charge in [0.1, 0.15) is 5.75 Å². The predicted octanol–water partition coefficient (Wildman–Crippen LogP) is 1.45. The van der Waals surface area contributed by atoms with Crippen LogP contribution in [-0.4, -0.2) is 22.8 Å². The number of pyridine rings is 1. The van der Waals surface area contributed by atoms with Crippen LogP contribution in [0.2, 0.25) is 0 Å². The minimum absolute atomic E-state index is 0.00763. The second-order valence-corrected chi connectivity index (χ2v) is 4.24. The molecule has 20 heavy (non-hydrogen) atoms. The van der Waals surface area contributed by atoms with Crippen molar-refractivity contribution < 1.29 is 19.4 Å². The molecule has 1 amide bonds. The largest absolute Gasteiger partial charge is 0.505 e. The maximum Gasteiger partial charge on any atom is 0.273 e. The Balaban J connectivity index is 1.68. The van der Waals surface area contributed by atoms with E-state index in [4.69, 9.17) is 9.47 Å². The smallest absolute Gasteiger partial charge is 0.273 e. The summed E-state index contributed by atoms with van der Waals surface area (Å²) in [4.78, 5) is 15.7. The van der Waals surface area contributed by atoms with Crippen LogP contribution >= 0.6 is 0 Å². The number of aromatic nitrogens is 1. The van der Waals surface area contributed by atoms with Gasteiger partial charge < -0.3 is 19.9 Å². The fourth-order valence-corrected chi connectivity index (χ4v) is 1.89. The van der Waals surface area contributed by atoms with Crippen LogP contribution in [0, 0.1) is 0 Å². The zero-order valence-corrected chi connectivity index (χ0v) is 10.5. The first-order chi connectivity index (χ1) is 9.74. The van der Waals surface area contributed by atoms with E-state index in [1.165, 1.54) is 12.3 Å². The predicted molar refractivity (Wildman–Crippen MR) is 69.6 cm³/mol. The lowest BCUT2D eigenvalue weighted by atomic mass is 10.2. The Kier molecular flexibility index (Phi) is 3.12. The second-order valence-electron chi connectivity index (χ2n) is 4.24. The Bertz CT molecular complexity index is 657. The average Bonchev–Trinajstić information content (AvgIpc) is 2.92. The van der Waals surface area contributed by atoms with Gasteiger partial charge in [0.15, 0.2) is 17.2 Å². The van der Waals surface area contributed by atoms with Crippen LogP contribution in [0.3, 0.4) is 0 Å². The number of ether oxygens (including phenoxy) is 2. The van der Waals surface area contributed by atoms with Crippen molar-refractivity contribution >= 4 is 5.91 Å². The van der Waals surface area contributed by atoms with Gasteiger partial charge in [0, 0.05) is 12.7 Å². The van der Waals surface area contributed by atoms with Crippen molar-refractivity contribution in [3.63, 3.8) is 0 Å². The third-order valence-electron chi connectivity index (χ3n) is 2.89. The zero-order chi connectivity index (χ0) is 13.9. The van der Waals surface area contributed by atoms with Crippen molar-refractivity contribution in [3.05, 3.63) is 47.8 Å². The molecular formula is C14H12N2O4. The molecule has 2 N–H and O–H groups in total. The van der Waals surface area contributed by atoms with Crippen molar-refractivity contribution in [1.82, 2.24) is 10.3 Å². The summed E-state index contributed by atoms with van der Waals surface area (Å²) in [6, 6.07) is 8.42. The lowest BCUT2D eigenvalue weighted by Crippen LogP contribution is -2.23. The number of rotatable bonds is 3. The number of benzene rings is 1. The van der Waals surface area contributed by atoms with E-state index in [9.17, 15) is 9.90 Å². The van der Waals surface area contributed by atoms with E-state index in [1.54, 1.807) is 18.2 Å². The molecule has 2 heterocycles. The average molecular weight is 272 g/mol. The van der Waals surface area contributed by atoms with Crippen molar-refractivity contribution in [2.45, 2.75) is 6.54 Å². The number of hydrogen-bond acceptors (Lipinski definition) is 5. The number of carbonyl (C=O) groups is 1. The fraction of sp³-hybridized carbons (Fsp3) is 0.143. The van der Waals surface area contributed by atoms with Gasteiger partial charge in [-0.05, 0) is 29.8 Å². The van der Waals surface area contributed by atoms with E-state index in [1.807, 2.05) is 6.07 Å². The molecule has 6 nitrogen and oxygen atoms in total. The van der Waals surface area contributed by atoms with Crippen molar-refractivity contribution in [2.24, 2.45) is 0 Å². The molecule has 1 aliphatic heterocycles. The van der Waals surface area contributed by atoms with Gasteiger partial charge in [0.25, 0.3) is 5.91 Å². The summed E-state index contributed by atoms with van der Waals surface area (Å²) in [5.74, 6) is 0.788. The van der Waals surface area contributed by atoms with E-state index >= 15 is 0 Å². The van der Waals surface area contributed by atoms with Gasteiger partial charge in [-0.3, -0.25) is 4.79 Å². The van der Waals surface area contributed by atoms with Crippen LogP contribution in [0.15, 0.2) is 36.5 Å². The summed E-state index contributed by atoms with van der Waals surface area (Å²) < 4.78 is 10.5.